The van der Waals surface area contributed by atoms with Crippen LogP contribution in [-0.2, 0) is 0 Å². The number of hydrogen-bond acceptors (Lipinski definition) is 4. The molecule has 1 heterocycles. The van der Waals surface area contributed by atoms with Crippen molar-refractivity contribution in [3.8, 4) is 22.8 Å². The molecule has 0 unspecified atom stereocenters. The Labute approximate surface area is 187 Å². The molecule has 0 saturated carbocycles. The monoisotopic (exact) mass is 431 g/mol. The fraction of sp³-hybridized carbons (Fsp3) is 0.0400. The molecule has 31 heavy (non-hydrogen) atoms. The molecule has 3 aromatic carbocycles. The molecule has 0 saturated heterocycles. The number of pyridine rings is 1. The number of hydrogen-bond donors (Lipinski definition) is 2. The summed E-state index contributed by atoms with van der Waals surface area (Å²) in [6.07, 6.45) is 1.58. The SMILES string of the molecule is CNc1ccc(Oc2ccc(NC(=O)c3ccc(-c4ccccc4)cc3)cn2)cc1.Cl. The Bertz CT molecular complexity index is 1110. The van der Waals surface area contributed by atoms with E-state index < -0.39 is 0 Å². The zero-order valence-corrected chi connectivity index (χ0v) is 17.7. The van der Waals surface area contributed by atoms with Gasteiger partial charge in [0.2, 0.25) is 5.88 Å². The third-order valence-electron chi connectivity index (χ3n) is 4.61. The Hall–Kier alpha value is -3.83. The molecule has 0 fully saturated rings. The largest absolute Gasteiger partial charge is 0.439 e. The van der Waals surface area contributed by atoms with Crippen molar-refractivity contribution in [1.82, 2.24) is 4.98 Å². The molecule has 1 amide bonds. The highest BCUT2D eigenvalue weighted by molar-refractivity contribution is 6.04. The normalized spacial score (nSPS) is 9.97. The van der Waals surface area contributed by atoms with E-state index in [1.807, 2.05) is 85.9 Å². The van der Waals surface area contributed by atoms with E-state index in [-0.39, 0.29) is 18.3 Å². The summed E-state index contributed by atoms with van der Waals surface area (Å²) >= 11 is 0. The molecule has 5 nitrogen and oxygen atoms in total. The first-order chi connectivity index (χ1) is 14.7. The number of amides is 1. The zero-order valence-electron chi connectivity index (χ0n) is 16.9. The first-order valence-electron chi connectivity index (χ1n) is 9.60. The number of aromatic nitrogens is 1. The number of nitrogens with one attached hydrogen (secondary N) is 2. The Morgan fingerprint density at radius 1 is 0.774 bits per heavy atom. The molecule has 156 valence electrons. The molecule has 0 aliphatic rings. The van der Waals surface area contributed by atoms with Gasteiger partial charge in [-0.15, -0.1) is 12.4 Å². The van der Waals surface area contributed by atoms with Crippen molar-refractivity contribution in [2.75, 3.05) is 17.7 Å². The van der Waals surface area contributed by atoms with Crippen molar-refractivity contribution >= 4 is 29.7 Å². The van der Waals surface area contributed by atoms with Crippen molar-refractivity contribution in [2.45, 2.75) is 0 Å². The second-order valence-electron chi connectivity index (χ2n) is 6.66. The number of rotatable bonds is 6. The van der Waals surface area contributed by atoms with Gasteiger partial charge in [-0.05, 0) is 53.6 Å². The van der Waals surface area contributed by atoms with Gasteiger partial charge in [0, 0.05) is 24.4 Å². The molecule has 0 aliphatic heterocycles. The Balaban J connectivity index is 0.00000272. The van der Waals surface area contributed by atoms with Gasteiger partial charge in [0.15, 0.2) is 0 Å². The van der Waals surface area contributed by atoms with Crippen molar-refractivity contribution in [3.05, 3.63) is 103 Å². The van der Waals surface area contributed by atoms with E-state index in [1.54, 1.807) is 18.3 Å². The predicted molar refractivity (Wildman–Crippen MR) is 127 cm³/mol. The third kappa shape index (κ3) is 5.62. The molecule has 2 N–H and O–H groups in total. The number of nitrogens with zero attached hydrogens (tertiary/aromatic N) is 1. The van der Waals surface area contributed by atoms with Crippen molar-refractivity contribution in [3.63, 3.8) is 0 Å². The smallest absolute Gasteiger partial charge is 0.255 e. The lowest BCUT2D eigenvalue weighted by molar-refractivity contribution is 0.102. The number of carbonyl (C=O) groups is 1. The van der Waals surface area contributed by atoms with E-state index in [0.717, 1.165) is 16.8 Å². The maximum absolute atomic E-state index is 12.5. The lowest BCUT2D eigenvalue weighted by Gasteiger charge is -2.08. The molecule has 0 atom stereocenters. The molecular formula is C25H22ClN3O2. The van der Waals surface area contributed by atoms with Gasteiger partial charge in [0.1, 0.15) is 5.75 Å². The summed E-state index contributed by atoms with van der Waals surface area (Å²) in [5.74, 6) is 0.960. The minimum atomic E-state index is -0.187. The number of halogens is 1. The highest BCUT2D eigenvalue weighted by Crippen LogP contribution is 2.23. The minimum absolute atomic E-state index is 0. The van der Waals surface area contributed by atoms with Gasteiger partial charge in [-0.3, -0.25) is 4.79 Å². The van der Waals surface area contributed by atoms with Gasteiger partial charge in [-0.25, -0.2) is 4.98 Å². The lowest BCUT2D eigenvalue weighted by atomic mass is 10.0. The van der Waals surface area contributed by atoms with Crippen molar-refractivity contribution in [2.24, 2.45) is 0 Å². The molecule has 0 spiro atoms. The molecule has 0 aliphatic carbocycles. The second-order valence-corrected chi connectivity index (χ2v) is 6.66. The van der Waals surface area contributed by atoms with Crippen LogP contribution in [0.15, 0.2) is 97.2 Å². The summed E-state index contributed by atoms with van der Waals surface area (Å²) in [5, 5.41) is 5.92. The van der Waals surface area contributed by atoms with Crippen LogP contribution in [0.4, 0.5) is 11.4 Å². The van der Waals surface area contributed by atoms with Crippen LogP contribution in [0.25, 0.3) is 11.1 Å². The maximum atomic E-state index is 12.5. The van der Waals surface area contributed by atoms with Crippen LogP contribution in [0.2, 0.25) is 0 Å². The van der Waals surface area contributed by atoms with Gasteiger partial charge >= 0.3 is 0 Å². The highest BCUT2D eigenvalue weighted by atomic mass is 35.5. The molecule has 1 aromatic heterocycles. The number of benzene rings is 3. The first-order valence-corrected chi connectivity index (χ1v) is 9.60. The minimum Gasteiger partial charge on any atom is -0.439 e. The van der Waals surface area contributed by atoms with Crippen LogP contribution in [0.1, 0.15) is 10.4 Å². The van der Waals surface area contributed by atoms with Crippen molar-refractivity contribution in [1.29, 1.82) is 0 Å². The van der Waals surface area contributed by atoms with Gasteiger partial charge in [-0.1, -0.05) is 42.5 Å². The molecular weight excluding hydrogens is 410 g/mol. The molecule has 0 bridgehead atoms. The van der Waals surface area contributed by atoms with Crippen molar-refractivity contribution < 1.29 is 9.53 Å². The summed E-state index contributed by atoms with van der Waals surface area (Å²) in [5.41, 5.74) is 4.37. The van der Waals surface area contributed by atoms with Gasteiger partial charge < -0.3 is 15.4 Å². The van der Waals surface area contributed by atoms with E-state index in [1.165, 1.54) is 0 Å². The highest BCUT2D eigenvalue weighted by Gasteiger charge is 2.08. The number of ether oxygens (including phenoxy) is 1. The van der Waals surface area contributed by atoms with Gasteiger partial charge in [0.25, 0.3) is 5.91 Å². The third-order valence-corrected chi connectivity index (χ3v) is 4.61. The molecule has 4 aromatic rings. The predicted octanol–water partition coefficient (Wildman–Crippen LogP) is 6.26. The van der Waals surface area contributed by atoms with Gasteiger partial charge in [-0.2, -0.15) is 0 Å². The molecule has 6 heteroatoms. The Kier molecular flexibility index (Phi) is 7.25. The summed E-state index contributed by atoms with van der Waals surface area (Å²) in [6, 6.07) is 28.6. The standard InChI is InChI=1S/C25H21N3O2.ClH/c1-26-21-11-14-23(15-12-21)30-24-16-13-22(17-27-24)28-25(29)20-9-7-19(8-10-20)18-5-3-2-4-6-18;/h2-17,26H,1H3,(H,28,29);1H. The summed E-state index contributed by atoms with van der Waals surface area (Å²) in [7, 11) is 1.86. The number of anilines is 2. The summed E-state index contributed by atoms with van der Waals surface area (Å²) in [6.45, 7) is 0. The van der Waals surface area contributed by atoms with Crippen LogP contribution >= 0.6 is 12.4 Å². The van der Waals surface area contributed by atoms with E-state index in [0.29, 0.717) is 22.9 Å². The van der Waals surface area contributed by atoms with Gasteiger partial charge in [0.05, 0.1) is 11.9 Å². The quantitative estimate of drug-likeness (QED) is 0.378. The van der Waals surface area contributed by atoms with Crippen LogP contribution in [-0.4, -0.2) is 17.9 Å². The fourth-order valence-corrected chi connectivity index (χ4v) is 2.97. The topological polar surface area (TPSA) is 63.2 Å². The van der Waals surface area contributed by atoms with E-state index in [4.69, 9.17) is 4.74 Å². The Morgan fingerprint density at radius 2 is 1.42 bits per heavy atom. The average molecular weight is 432 g/mol. The van der Waals surface area contributed by atoms with Crippen LogP contribution in [0.3, 0.4) is 0 Å². The van der Waals surface area contributed by atoms with E-state index >= 15 is 0 Å². The van der Waals surface area contributed by atoms with Crippen LogP contribution in [0.5, 0.6) is 11.6 Å². The molecule has 4 rings (SSSR count). The lowest BCUT2D eigenvalue weighted by Crippen LogP contribution is -2.11. The van der Waals surface area contributed by atoms with Crippen LogP contribution < -0.4 is 15.4 Å². The second kappa shape index (κ2) is 10.3. The number of carbonyl (C=O) groups excluding carboxylic acids is 1. The summed E-state index contributed by atoms with van der Waals surface area (Å²) in [4.78, 5) is 16.8. The fourth-order valence-electron chi connectivity index (χ4n) is 2.97. The van der Waals surface area contributed by atoms with E-state index in [9.17, 15) is 4.79 Å². The maximum Gasteiger partial charge on any atom is 0.255 e. The van der Waals surface area contributed by atoms with E-state index in [2.05, 4.69) is 15.6 Å². The Morgan fingerprint density at radius 3 is 2.03 bits per heavy atom. The summed E-state index contributed by atoms with van der Waals surface area (Å²) < 4.78 is 5.73. The zero-order chi connectivity index (χ0) is 20.8. The average Bonchev–Trinajstić information content (AvgIpc) is 2.81. The molecule has 0 radical (unpaired) electrons. The first kappa shape index (κ1) is 21.9. The van der Waals surface area contributed by atoms with Crippen LogP contribution in [0, 0.1) is 0 Å².